The second-order valence-corrected chi connectivity index (χ2v) is 4.87. The topological polar surface area (TPSA) is 68.9 Å². The Morgan fingerprint density at radius 3 is 2.79 bits per heavy atom. The highest BCUT2D eigenvalue weighted by Gasteiger charge is 2.12. The number of fused-ring (bicyclic) bond motifs is 1. The number of para-hydroxylation sites is 1. The lowest BCUT2D eigenvalue weighted by Gasteiger charge is -2.17. The van der Waals surface area contributed by atoms with E-state index in [9.17, 15) is 5.11 Å². The average Bonchev–Trinajstić information content (AvgIpc) is 2.43. The van der Waals surface area contributed by atoms with Crippen LogP contribution in [0.1, 0.15) is 19.4 Å². The predicted molar refractivity (Wildman–Crippen MR) is 75.8 cm³/mol. The van der Waals surface area contributed by atoms with Gasteiger partial charge >= 0.3 is 0 Å². The van der Waals surface area contributed by atoms with Gasteiger partial charge in [0.1, 0.15) is 6.07 Å². The maximum absolute atomic E-state index is 9.86. The molecule has 98 valence electrons. The van der Waals surface area contributed by atoms with Crippen molar-refractivity contribution in [2.75, 3.05) is 11.9 Å². The van der Waals surface area contributed by atoms with Crippen LogP contribution in [0, 0.1) is 17.2 Å². The largest absolute Gasteiger partial charge is 0.391 e. The standard InChI is InChI=1S/C15H17N3O/c1-10(2)14(19)9-18-15-11(7-16)8-17-13-6-4-3-5-12(13)15/h3-6,8,10,14,19H,9H2,1-2H3,(H,17,18). The molecule has 1 aromatic heterocycles. The van der Waals surface area contributed by atoms with Crippen molar-refractivity contribution in [2.24, 2.45) is 5.92 Å². The molecule has 0 saturated heterocycles. The third-order valence-electron chi connectivity index (χ3n) is 3.15. The molecule has 19 heavy (non-hydrogen) atoms. The first-order chi connectivity index (χ1) is 9.13. The van der Waals surface area contributed by atoms with Gasteiger partial charge in [0.25, 0.3) is 0 Å². The molecule has 0 radical (unpaired) electrons. The lowest BCUT2D eigenvalue weighted by atomic mass is 10.1. The lowest BCUT2D eigenvalue weighted by Crippen LogP contribution is -2.25. The van der Waals surface area contributed by atoms with Gasteiger partial charge in [0, 0.05) is 18.1 Å². The first kappa shape index (κ1) is 13.3. The van der Waals surface area contributed by atoms with Gasteiger partial charge in [-0.05, 0) is 12.0 Å². The van der Waals surface area contributed by atoms with Gasteiger partial charge in [-0.15, -0.1) is 0 Å². The summed E-state index contributed by atoms with van der Waals surface area (Å²) in [5, 5.41) is 23.1. The smallest absolute Gasteiger partial charge is 0.103 e. The van der Waals surface area contributed by atoms with Crippen LogP contribution in [0.5, 0.6) is 0 Å². The third kappa shape index (κ3) is 2.83. The maximum atomic E-state index is 9.86. The minimum absolute atomic E-state index is 0.172. The zero-order valence-corrected chi connectivity index (χ0v) is 11.1. The van der Waals surface area contributed by atoms with Crippen LogP contribution < -0.4 is 5.32 Å². The van der Waals surface area contributed by atoms with E-state index in [4.69, 9.17) is 5.26 Å². The summed E-state index contributed by atoms with van der Waals surface area (Å²) in [5.74, 6) is 0.172. The van der Waals surface area contributed by atoms with Crippen molar-refractivity contribution < 1.29 is 5.11 Å². The number of aromatic nitrogens is 1. The summed E-state index contributed by atoms with van der Waals surface area (Å²) in [6.45, 7) is 4.34. The number of nitriles is 1. The molecule has 1 unspecified atom stereocenters. The molecule has 0 fully saturated rings. The van der Waals surface area contributed by atoms with E-state index in [0.29, 0.717) is 12.1 Å². The molecule has 0 saturated carbocycles. The SMILES string of the molecule is CC(C)C(O)CNc1c(C#N)cnc2ccccc12. The molecule has 0 amide bonds. The summed E-state index contributed by atoms with van der Waals surface area (Å²) < 4.78 is 0. The van der Waals surface area contributed by atoms with Crippen LogP contribution in [0.15, 0.2) is 30.5 Å². The van der Waals surface area contributed by atoms with Crippen LogP contribution in [0.25, 0.3) is 10.9 Å². The molecule has 4 heteroatoms. The number of rotatable bonds is 4. The predicted octanol–water partition coefficient (Wildman–Crippen LogP) is 2.54. The molecule has 1 atom stereocenters. The first-order valence-corrected chi connectivity index (χ1v) is 6.33. The van der Waals surface area contributed by atoms with E-state index in [-0.39, 0.29) is 5.92 Å². The number of hydrogen-bond donors (Lipinski definition) is 2. The molecular weight excluding hydrogens is 238 g/mol. The zero-order chi connectivity index (χ0) is 13.8. The van der Waals surface area contributed by atoms with Gasteiger partial charge in [0.2, 0.25) is 0 Å². The molecule has 0 bridgehead atoms. The number of nitrogens with zero attached hydrogens (tertiary/aromatic N) is 2. The van der Waals surface area contributed by atoms with Crippen LogP contribution in [0.3, 0.4) is 0 Å². The van der Waals surface area contributed by atoms with Crippen LogP contribution in [-0.4, -0.2) is 22.7 Å². The fourth-order valence-electron chi connectivity index (χ4n) is 1.86. The van der Waals surface area contributed by atoms with Crippen molar-refractivity contribution in [3.63, 3.8) is 0 Å². The molecule has 0 aliphatic heterocycles. The molecule has 2 N–H and O–H groups in total. The number of benzene rings is 1. The third-order valence-corrected chi connectivity index (χ3v) is 3.15. The van der Waals surface area contributed by atoms with Gasteiger partial charge in [-0.3, -0.25) is 4.98 Å². The summed E-state index contributed by atoms with van der Waals surface area (Å²) in [6.07, 6.45) is 1.12. The summed E-state index contributed by atoms with van der Waals surface area (Å²) in [5.41, 5.74) is 2.07. The normalized spacial score (nSPS) is 12.4. The molecule has 4 nitrogen and oxygen atoms in total. The van der Waals surface area contributed by atoms with E-state index in [1.807, 2.05) is 38.1 Å². The molecule has 2 rings (SSSR count). The maximum Gasteiger partial charge on any atom is 0.103 e. The highest BCUT2D eigenvalue weighted by atomic mass is 16.3. The van der Waals surface area contributed by atoms with Crippen molar-refractivity contribution in [1.82, 2.24) is 4.98 Å². The Bertz CT molecular complexity index is 616. The minimum Gasteiger partial charge on any atom is -0.391 e. The Morgan fingerprint density at radius 2 is 2.11 bits per heavy atom. The molecule has 2 aromatic rings. The Kier molecular flexibility index (Phi) is 3.98. The molecule has 0 aliphatic rings. The van der Waals surface area contributed by atoms with E-state index >= 15 is 0 Å². The van der Waals surface area contributed by atoms with Gasteiger partial charge in [0.05, 0.1) is 22.9 Å². The highest BCUT2D eigenvalue weighted by Crippen LogP contribution is 2.25. The monoisotopic (exact) mass is 255 g/mol. The van der Waals surface area contributed by atoms with Gasteiger partial charge in [-0.25, -0.2) is 0 Å². The number of aliphatic hydroxyl groups is 1. The van der Waals surface area contributed by atoms with Gasteiger partial charge in [0.15, 0.2) is 0 Å². The quantitative estimate of drug-likeness (QED) is 0.880. The summed E-state index contributed by atoms with van der Waals surface area (Å²) in [7, 11) is 0. The number of nitrogens with one attached hydrogen (secondary N) is 1. The van der Waals surface area contributed by atoms with Crippen molar-refractivity contribution in [1.29, 1.82) is 5.26 Å². The van der Waals surface area contributed by atoms with E-state index in [1.54, 1.807) is 6.20 Å². The Morgan fingerprint density at radius 1 is 1.37 bits per heavy atom. The number of hydrogen-bond acceptors (Lipinski definition) is 4. The van der Waals surface area contributed by atoms with E-state index in [0.717, 1.165) is 16.6 Å². The number of pyridine rings is 1. The number of anilines is 1. The molecular formula is C15H17N3O. The van der Waals surface area contributed by atoms with Gasteiger partial charge in [-0.1, -0.05) is 32.0 Å². The minimum atomic E-state index is -0.446. The number of aliphatic hydroxyl groups excluding tert-OH is 1. The van der Waals surface area contributed by atoms with E-state index in [1.165, 1.54) is 0 Å². The van der Waals surface area contributed by atoms with E-state index < -0.39 is 6.10 Å². The van der Waals surface area contributed by atoms with Crippen LogP contribution >= 0.6 is 0 Å². The fraction of sp³-hybridized carbons (Fsp3) is 0.333. The zero-order valence-electron chi connectivity index (χ0n) is 11.1. The molecule has 1 aromatic carbocycles. The van der Waals surface area contributed by atoms with Gasteiger partial charge in [-0.2, -0.15) is 5.26 Å². The summed E-state index contributed by atoms with van der Waals surface area (Å²) in [6, 6.07) is 9.78. The van der Waals surface area contributed by atoms with Gasteiger partial charge < -0.3 is 10.4 Å². The van der Waals surface area contributed by atoms with E-state index in [2.05, 4.69) is 16.4 Å². The molecule has 1 heterocycles. The fourth-order valence-corrected chi connectivity index (χ4v) is 1.86. The van der Waals surface area contributed by atoms with Crippen LogP contribution in [-0.2, 0) is 0 Å². The summed E-state index contributed by atoms with van der Waals surface area (Å²) in [4.78, 5) is 4.25. The van der Waals surface area contributed by atoms with Crippen molar-refractivity contribution >= 4 is 16.6 Å². The first-order valence-electron chi connectivity index (χ1n) is 6.33. The highest BCUT2D eigenvalue weighted by molar-refractivity contribution is 5.93. The second-order valence-electron chi connectivity index (χ2n) is 4.87. The second kappa shape index (κ2) is 5.68. The van der Waals surface area contributed by atoms with Crippen molar-refractivity contribution in [3.05, 3.63) is 36.0 Å². The Labute approximate surface area is 112 Å². The average molecular weight is 255 g/mol. The molecule has 0 spiro atoms. The van der Waals surface area contributed by atoms with Crippen molar-refractivity contribution in [2.45, 2.75) is 20.0 Å². The van der Waals surface area contributed by atoms with Crippen molar-refractivity contribution in [3.8, 4) is 6.07 Å². The van der Waals surface area contributed by atoms with Crippen LogP contribution in [0.4, 0.5) is 5.69 Å². The van der Waals surface area contributed by atoms with Crippen LogP contribution in [0.2, 0.25) is 0 Å². The Hall–Kier alpha value is -2.12. The Balaban J connectivity index is 2.37. The molecule has 0 aliphatic carbocycles. The summed E-state index contributed by atoms with van der Waals surface area (Å²) >= 11 is 0. The lowest BCUT2D eigenvalue weighted by molar-refractivity contribution is 0.138.